The standard InChI is InChI=1S/C15H23N3O4/c1-16(2)10-13(19)11-22-15-9-12(18(20)21)5-6-14(15)17-7-3-4-8-17/h5-6,9,13,19H,3-4,7-8,10-11H2,1-2H3. The van der Waals surface area contributed by atoms with Crippen molar-refractivity contribution >= 4 is 11.4 Å². The van der Waals surface area contributed by atoms with Crippen molar-refractivity contribution in [3.05, 3.63) is 28.3 Å². The molecular weight excluding hydrogens is 286 g/mol. The first-order valence-corrected chi connectivity index (χ1v) is 7.46. The molecule has 0 aliphatic carbocycles. The minimum Gasteiger partial charge on any atom is -0.488 e. The molecule has 1 saturated heterocycles. The van der Waals surface area contributed by atoms with E-state index in [1.165, 1.54) is 12.1 Å². The number of rotatable bonds is 7. The summed E-state index contributed by atoms with van der Waals surface area (Å²) in [4.78, 5) is 14.5. The first-order valence-electron chi connectivity index (χ1n) is 7.46. The third kappa shape index (κ3) is 4.32. The molecule has 0 bridgehead atoms. The second kappa shape index (κ2) is 7.42. The first-order chi connectivity index (χ1) is 10.5. The predicted molar refractivity (Wildman–Crippen MR) is 84.6 cm³/mol. The molecule has 1 heterocycles. The Morgan fingerprint density at radius 3 is 2.68 bits per heavy atom. The van der Waals surface area contributed by atoms with Gasteiger partial charge < -0.3 is 19.6 Å². The van der Waals surface area contributed by atoms with Crippen LogP contribution in [0.2, 0.25) is 0 Å². The molecule has 1 aliphatic heterocycles. The maximum Gasteiger partial charge on any atom is 0.273 e. The van der Waals surface area contributed by atoms with Crippen LogP contribution in [0.15, 0.2) is 18.2 Å². The maximum absolute atomic E-state index is 10.9. The zero-order chi connectivity index (χ0) is 16.1. The van der Waals surface area contributed by atoms with E-state index in [0.717, 1.165) is 31.6 Å². The maximum atomic E-state index is 10.9. The van der Waals surface area contributed by atoms with Gasteiger partial charge in [-0.15, -0.1) is 0 Å². The molecule has 1 N–H and O–H groups in total. The minimum absolute atomic E-state index is 0.0000429. The van der Waals surface area contributed by atoms with Crippen LogP contribution in [-0.2, 0) is 0 Å². The van der Waals surface area contributed by atoms with Crippen molar-refractivity contribution < 1.29 is 14.8 Å². The van der Waals surface area contributed by atoms with Crippen LogP contribution in [-0.4, -0.2) is 61.4 Å². The lowest BCUT2D eigenvalue weighted by Crippen LogP contribution is -2.31. The molecule has 0 aromatic heterocycles. The topological polar surface area (TPSA) is 79.1 Å². The number of non-ortho nitro benzene ring substituents is 1. The quantitative estimate of drug-likeness (QED) is 0.607. The average molecular weight is 309 g/mol. The van der Waals surface area contributed by atoms with Gasteiger partial charge in [-0.2, -0.15) is 0 Å². The third-order valence-corrected chi connectivity index (χ3v) is 3.61. The van der Waals surface area contributed by atoms with E-state index in [9.17, 15) is 15.2 Å². The summed E-state index contributed by atoms with van der Waals surface area (Å²) in [5, 5.41) is 20.9. The molecule has 7 heteroatoms. The highest BCUT2D eigenvalue weighted by Crippen LogP contribution is 2.34. The van der Waals surface area contributed by atoms with Gasteiger partial charge in [-0.1, -0.05) is 0 Å². The van der Waals surface area contributed by atoms with Gasteiger partial charge >= 0.3 is 0 Å². The number of nitro benzene ring substituents is 1. The van der Waals surface area contributed by atoms with E-state index in [4.69, 9.17) is 4.74 Å². The van der Waals surface area contributed by atoms with Crippen molar-refractivity contribution in [2.75, 3.05) is 45.2 Å². The van der Waals surface area contributed by atoms with Crippen molar-refractivity contribution in [2.24, 2.45) is 0 Å². The van der Waals surface area contributed by atoms with Gasteiger partial charge in [-0.25, -0.2) is 0 Å². The van der Waals surface area contributed by atoms with Crippen LogP contribution >= 0.6 is 0 Å². The molecule has 0 radical (unpaired) electrons. The highest BCUT2D eigenvalue weighted by molar-refractivity contribution is 5.62. The van der Waals surface area contributed by atoms with Crippen molar-refractivity contribution in [3.8, 4) is 5.75 Å². The molecule has 1 aromatic carbocycles. The van der Waals surface area contributed by atoms with E-state index in [1.807, 2.05) is 19.0 Å². The number of anilines is 1. The summed E-state index contributed by atoms with van der Waals surface area (Å²) in [6.07, 6.45) is 1.58. The van der Waals surface area contributed by atoms with Gasteiger partial charge in [0.25, 0.3) is 5.69 Å². The SMILES string of the molecule is CN(C)CC(O)COc1cc([N+](=O)[O-])ccc1N1CCCC1. The molecule has 2 rings (SSSR count). The Bertz CT molecular complexity index is 516. The second-order valence-electron chi connectivity index (χ2n) is 5.83. The van der Waals surface area contributed by atoms with E-state index in [1.54, 1.807) is 6.07 Å². The Kier molecular flexibility index (Phi) is 5.57. The summed E-state index contributed by atoms with van der Waals surface area (Å²) in [6.45, 7) is 2.44. The van der Waals surface area contributed by atoms with Gasteiger partial charge in [-0.3, -0.25) is 10.1 Å². The highest BCUT2D eigenvalue weighted by Gasteiger charge is 2.20. The lowest BCUT2D eigenvalue weighted by atomic mass is 10.2. The highest BCUT2D eigenvalue weighted by atomic mass is 16.6. The smallest absolute Gasteiger partial charge is 0.273 e. The van der Waals surface area contributed by atoms with Gasteiger partial charge in [-0.05, 0) is 33.0 Å². The Labute approximate surface area is 130 Å². The van der Waals surface area contributed by atoms with Gasteiger partial charge in [0, 0.05) is 25.7 Å². The first kappa shape index (κ1) is 16.5. The van der Waals surface area contributed by atoms with Crippen molar-refractivity contribution in [1.82, 2.24) is 4.90 Å². The van der Waals surface area contributed by atoms with E-state index in [2.05, 4.69) is 4.90 Å². The lowest BCUT2D eigenvalue weighted by molar-refractivity contribution is -0.384. The predicted octanol–water partition coefficient (Wildman–Crippen LogP) is 1.50. The zero-order valence-corrected chi connectivity index (χ0v) is 13.1. The molecule has 1 aliphatic rings. The molecule has 1 fully saturated rings. The Hall–Kier alpha value is -1.86. The minimum atomic E-state index is -0.638. The van der Waals surface area contributed by atoms with Crippen LogP contribution in [0.4, 0.5) is 11.4 Å². The third-order valence-electron chi connectivity index (χ3n) is 3.61. The Balaban J connectivity index is 2.14. The van der Waals surface area contributed by atoms with Crippen molar-refractivity contribution in [2.45, 2.75) is 18.9 Å². The van der Waals surface area contributed by atoms with Gasteiger partial charge in [0.15, 0.2) is 0 Å². The van der Waals surface area contributed by atoms with E-state index in [0.29, 0.717) is 12.3 Å². The molecule has 122 valence electrons. The summed E-state index contributed by atoms with van der Waals surface area (Å²) >= 11 is 0. The molecule has 22 heavy (non-hydrogen) atoms. The second-order valence-corrected chi connectivity index (χ2v) is 5.83. The van der Waals surface area contributed by atoms with Crippen LogP contribution in [0.5, 0.6) is 5.75 Å². The Morgan fingerprint density at radius 1 is 1.41 bits per heavy atom. The average Bonchev–Trinajstić information content (AvgIpc) is 2.98. The van der Waals surface area contributed by atoms with Gasteiger partial charge in [0.1, 0.15) is 18.5 Å². The fourth-order valence-electron chi connectivity index (χ4n) is 2.61. The summed E-state index contributed by atoms with van der Waals surface area (Å²) in [5.74, 6) is 0.467. The summed E-state index contributed by atoms with van der Waals surface area (Å²) < 4.78 is 5.68. The molecule has 1 aromatic rings. The molecule has 1 unspecified atom stereocenters. The number of likely N-dealkylation sites (N-methyl/N-ethyl adjacent to an activating group) is 1. The normalized spacial score (nSPS) is 16.1. The number of aliphatic hydroxyl groups is 1. The lowest BCUT2D eigenvalue weighted by Gasteiger charge is -2.22. The number of aliphatic hydroxyl groups excluding tert-OH is 1. The summed E-state index contributed by atoms with van der Waals surface area (Å²) in [5.41, 5.74) is 0.861. The number of benzene rings is 1. The number of ether oxygens (including phenoxy) is 1. The van der Waals surface area contributed by atoms with Crippen molar-refractivity contribution in [1.29, 1.82) is 0 Å². The summed E-state index contributed by atoms with van der Waals surface area (Å²) in [6, 6.07) is 4.67. The molecular formula is C15H23N3O4. The van der Waals surface area contributed by atoms with Crippen LogP contribution < -0.4 is 9.64 Å². The number of nitrogens with zero attached hydrogens (tertiary/aromatic N) is 3. The van der Waals surface area contributed by atoms with E-state index in [-0.39, 0.29) is 12.3 Å². The van der Waals surface area contributed by atoms with Crippen LogP contribution in [0.25, 0.3) is 0 Å². The van der Waals surface area contributed by atoms with Gasteiger partial charge in [0.2, 0.25) is 0 Å². The number of nitro groups is 1. The van der Waals surface area contributed by atoms with Crippen LogP contribution in [0.3, 0.4) is 0 Å². The van der Waals surface area contributed by atoms with Gasteiger partial charge in [0.05, 0.1) is 16.7 Å². The van der Waals surface area contributed by atoms with E-state index < -0.39 is 11.0 Å². The summed E-state index contributed by atoms with van der Waals surface area (Å²) in [7, 11) is 3.73. The number of hydrogen-bond donors (Lipinski definition) is 1. The fraction of sp³-hybridized carbons (Fsp3) is 0.600. The van der Waals surface area contributed by atoms with Crippen LogP contribution in [0, 0.1) is 10.1 Å². The molecule has 0 saturated carbocycles. The largest absolute Gasteiger partial charge is 0.488 e. The zero-order valence-electron chi connectivity index (χ0n) is 13.1. The molecule has 0 spiro atoms. The fourth-order valence-corrected chi connectivity index (χ4v) is 2.61. The van der Waals surface area contributed by atoms with Crippen molar-refractivity contribution in [3.63, 3.8) is 0 Å². The number of hydrogen-bond acceptors (Lipinski definition) is 6. The monoisotopic (exact) mass is 309 g/mol. The van der Waals surface area contributed by atoms with E-state index >= 15 is 0 Å². The molecule has 7 nitrogen and oxygen atoms in total. The van der Waals surface area contributed by atoms with Crippen LogP contribution in [0.1, 0.15) is 12.8 Å². The Morgan fingerprint density at radius 2 is 2.09 bits per heavy atom. The molecule has 1 atom stereocenters. The molecule has 0 amide bonds.